The fourth-order valence-corrected chi connectivity index (χ4v) is 1.98. The van der Waals surface area contributed by atoms with E-state index in [0.29, 0.717) is 11.5 Å². The first kappa shape index (κ1) is 14.5. The van der Waals surface area contributed by atoms with Crippen molar-refractivity contribution in [3.8, 4) is 0 Å². The van der Waals surface area contributed by atoms with Crippen LogP contribution in [-0.4, -0.2) is 35.9 Å². The Balaban J connectivity index is 2.32. The predicted octanol–water partition coefficient (Wildman–Crippen LogP) is 1.45. The zero-order valence-electron chi connectivity index (χ0n) is 11.7. The lowest BCUT2D eigenvalue weighted by Crippen LogP contribution is -2.38. The Hall–Kier alpha value is -1.89. The summed E-state index contributed by atoms with van der Waals surface area (Å²) in [5.41, 5.74) is 7.06. The second-order valence-electron chi connectivity index (χ2n) is 5.38. The van der Waals surface area contributed by atoms with Gasteiger partial charge < -0.3 is 11.1 Å². The summed E-state index contributed by atoms with van der Waals surface area (Å²) >= 11 is 0. The Bertz CT molecular complexity index is 741. The zero-order valence-corrected chi connectivity index (χ0v) is 12.5. The smallest absolute Gasteiger partial charge is 0.154 e. The van der Waals surface area contributed by atoms with E-state index in [-0.39, 0.29) is 6.54 Å². The van der Waals surface area contributed by atoms with Crippen molar-refractivity contribution in [1.29, 1.82) is 0 Å². The number of benzene rings is 1. The standard InChI is InChI=1S/C13H18N4O2S/c1-13(2,20(3,18)19)7-15-12-10-5-4-9(14)6-11(10)16-8-17-12/h4-6,8H,7,14H2,1-3H3,(H,15,16,17). The number of nitrogen functional groups attached to an aromatic ring is 1. The Morgan fingerprint density at radius 2 is 2.00 bits per heavy atom. The van der Waals surface area contributed by atoms with Crippen LogP contribution in [0.2, 0.25) is 0 Å². The molecule has 0 aliphatic heterocycles. The summed E-state index contributed by atoms with van der Waals surface area (Å²) < 4.78 is 22.5. The molecule has 1 aromatic heterocycles. The van der Waals surface area contributed by atoms with Gasteiger partial charge in [-0.25, -0.2) is 18.4 Å². The molecule has 3 N–H and O–H groups in total. The highest BCUT2D eigenvalue weighted by molar-refractivity contribution is 7.92. The van der Waals surface area contributed by atoms with Crippen LogP contribution in [-0.2, 0) is 9.84 Å². The third-order valence-electron chi connectivity index (χ3n) is 3.35. The molecule has 6 nitrogen and oxygen atoms in total. The molecule has 1 aromatic carbocycles. The Kier molecular flexibility index (Phi) is 3.56. The van der Waals surface area contributed by atoms with Gasteiger partial charge in [-0.3, -0.25) is 0 Å². The molecule has 108 valence electrons. The van der Waals surface area contributed by atoms with Gasteiger partial charge in [0.25, 0.3) is 0 Å². The van der Waals surface area contributed by atoms with Gasteiger partial charge in [0.1, 0.15) is 12.1 Å². The maximum absolute atomic E-state index is 11.7. The molecule has 7 heteroatoms. The lowest BCUT2D eigenvalue weighted by Gasteiger charge is -2.23. The number of anilines is 2. The molecule has 0 unspecified atom stereocenters. The van der Waals surface area contributed by atoms with Gasteiger partial charge in [0.15, 0.2) is 9.84 Å². The van der Waals surface area contributed by atoms with Crippen molar-refractivity contribution in [2.75, 3.05) is 23.9 Å². The van der Waals surface area contributed by atoms with E-state index in [1.807, 2.05) is 6.07 Å². The summed E-state index contributed by atoms with van der Waals surface area (Å²) in [5.74, 6) is 0.603. The first-order valence-electron chi connectivity index (χ1n) is 6.14. The minimum Gasteiger partial charge on any atom is -0.399 e. The molecule has 1 heterocycles. The van der Waals surface area contributed by atoms with E-state index in [0.717, 1.165) is 10.9 Å². The summed E-state index contributed by atoms with van der Waals surface area (Å²) in [6, 6.07) is 5.34. The fraction of sp³-hybridized carbons (Fsp3) is 0.385. The Morgan fingerprint density at radius 1 is 1.30 bits per heavy atom. The number of nitrogens with one attached hydrogen (secondary N) is 1. The number of rotatable bonds is 4. The molecule has 0 spiro atoms. The highest BCUT2D eigenvalue weighted by Crippen LogP contribution is 2.23. The maximum atomic E-state index is 11.7. The zero-order chi connectivity index (χ0) is 15.0. The predicted molar refractivity (Wildman–Crippen MR) is 81.4 cm³/mol. The molecular weight excluding hydrogens is 276 g/mol. The van der Waals surface area contributed by atoms with Crippen LogP contribution in [0.3, 0.4) is 0 Å². The summed E-state index contributed by atoms with van der Waals surface area (Å²) in [5, 5.41) is 3.89. The van der Waals surface area contributed by atoms with Gasteiger partial charge in [0.05, 0.1) is 10.3 Å². The Labute approximate surface area is 118 Å². The number of hydrogen-bond donors (Lipinski definition) is 2. The molecule has 20 heavy (non-hydrogen) atoms. The van der Waals surface area contributed by atoms with Crippen molar-refractivity contribution in [3.63, 3.8) is 0 Å². The average molecular weight is 294 g/mol. The van der Waals surface area contributed by atoms with Crippen LogP contribution in [0.4, 0.5) is 11.5 Å². The van der Waals surface area contributed by atoms with Crippen LogP contribution < -0.4 is 11.1 Å². The van der Waals surface area contributed by atoms with Crippen LogP contribution in [0, 0.1) is 0 Å². The topological polar surface area (TPSA) is 98.0 Å². The van der Waals surface area contributed by atoms with Crippen molar-refractivity contribution in [2.45, 2.75) is 18.6 Å². The third-order valence-corrected chi connectivity index (χ3v) is 5.50. The number of nitrogens with two attached hydrogens (primary N) is 1. The molecule has 0 saturated carbocycles. The summed E-state index contributed by atoms with van der Waals surface area (Å²) in [7, 11) is -3.16. The molecule has 0 bridgehead atoms. The molecule has 0 aliphatic rings. The van der Waals surface area contributed by atoms with Gasteiger partial charge in [-0.05, 0) is 32.0 Å². The minimum absolute atomic E-state index is 0.266. The van der Waals surface area contributed by atoms with Gasteiger partial charge in [0, 0.05) is 23.9 Å². The number of hydrogen-bond acceptors (Lipinski definition) is 6. The van der Waals surface area contributed by atoms with Crippen molar-refractivity contribution in [2.24, 2.45) is 0 Å². The normalized spacial score (nSPS) is 12.6. The van der Waals surface area contributed by atoms with Crippen LogP contribution in [0.25, 0.3) is 10.9 Å². The highest BCUT2D eigenvalue weighted by atomic mass is 32.2. The lowest BCUT2D eigenvalue weighted by molar-refractivity contribution is 0.559. The Morgan fingerprint density at radius 3 is 2.65 bits per heavy atom. The van der Waals surface area contributed by atoms with Gasteiger partial charge in [0.2, 0.25) is 0 Å². The van der Waals surface area contributed by atoms with E-state index in [1.54, 1.807) is 26.0 Å². The van der Waals surface area contributed by atoms with Crippen LogP contribution in [0.5, 0.6) is 0 Å². The van der Waals surface area contributed by atoms with Gasteiger partial charge in [-0.2, -0.15) is 0 Å². The largest absolute Gasteiger partial charge is 0.399 e. The molecule has 0 radical (unpaired) electrons. The number of aromatic nitrogens is 2. The summed E-state index contributed by atoms with van der Waals surface area (Å²) in [4.78, 5) is 8.31. The monoisotopic (exact) mass is 294 g/mol. The molecular formula is C13H18N4O2S. The lowest BCUT2D eigenvalue weighted by atomic mass is 10.2. The molecule has 0 atom stereocenters. The van der Waals surface area contributed by atoms with Crippen molar-refractivity contribution in [1.82, 2.24) is 9.97 Å². The third kappa shape index (κ3) is 2.82. The molecule has 0 amide bonds. The van der Waals surface area contributed by atoms with Crippen LogP contribution in [0.1, 0.15) is 13.8 Å². The quantitative estimate of drug-likeness (QED) is 0.828. The molecule has 0 saturated heterocycles. The SMILES string of the molecule is CC(C)(CNc1ncnc2cc(N)ccc12)S(C)(=O)=O. The van der Waals surface area contributed by atoms with E-state index in [4.69, 9.17) is 5.73 Å². The molecule has 2 aromatic rings. The van der Waals surface area contributed by atoms with E-state index in [9.17, 15) is 8.42 Å². The maximum Gasteiger partial charge on any atom is 0.154 e. The second kappa shape index (κ2) is 4.90. The van der Waals surface area contributed by atoms with Crippen molar-refractivity contribution in [3.05, 3.63) is 24.5 Å². The average Bonchev–Trinajstić information content (AvgIpc) is 2.34. The minimum atomic E-state index is -3.16. The molecule has 0 fully saturated rings. The second-order valence-corrected chi connectivity index (χ2v) is 8.03. The van der Waals surface area contributed by atoms with Crippen LogP contribution in [0.15, 0.2) is 24.5 Å². The number of sulfone groups is 1. The van der Waals surface area contributed by atoms with Gasteiger partial charge in [-0.15, -0.1) is 0 Å². The van der Waals surface area contributed by atoms with Crippen molar-refractivity contribution < 1.29 is 8.42 Å². The number of fused-ring (bicyclic) bond motifs is 1. The fourth-order valence-electron chi connectivity index (χ4n) is 1.64. The van der Waals surface area contributed by atoms with E-state index in [2.05, 4.69) is 15.3 Å². The summed E-state index contributed by atoms with van der Waals surface area (Å²) in [6.07, 6.45) is 2.66. The van der Waals surface area contributed by atoms with E-state index < -0.39 is 14.6 Å². The van der Waals surface area contributed by atoms with Crippen LogP contribution >= 0.6 is 0 Å². The first-order valence-corrected chi connectivity index (χ1v) is 8.03. The van der Waals surface area contributed by atoms with Gasteiger partial charge in [-0.1, -0.05) is 0 Å². The first-order chi connectivity index (χ1) is 9.21. The highest BCUT2D eigenvalue weighted by Gasteiger charge is 2.30. The molecule has 2 rings (SSSR count). The van der Waals surface area contributed by atoms with E-state index in [1.165, 1.54) is 12.6 Å². The summed E-state index contributed by atoms with van der Waals surface area (Å²) in [6.45, 7) is 3.62. The van der Waals surface area contributed by atoms with Crippen molar-refractivity contribution >= 4 is 32.2 Å². The van der Waals surface area contributed by atoms with E-state index >= 15 is 0 Å². The molecule has 0 aliphatic carbocycles. The van der Waals surface area contributed by atoms with Gasteiger partial charge >= 0.3 is 0 Å². The number of nitrogens with zero attached hydrogens (tertiary/aromatic N) is 2.